The highest BCUT2D eigenvalue weighted by Crippen LogP contribution is 2.52. The second-order valence-electron chi connectivity index (χ2n) is 6.71. The number of phenolic OH excluding ortho intramolecular Hbond substituents is 1. The molecule has 4 rings (SSSR count). The lowest BCUT2D eigenvalue weighted by Crippen LogP contribution is -2.19. The van der Waals surface area contributed by atoms with Crippen molar-refractivity contribution in [1.82, 2.24) is 4.98 Å². The van der Waals surface area contributed by atoms with Crippen LogP contribution < -0.4 is 14.2 Å². The predicted molar refractivity (Wildman–Crippen MR) is 90.5 cm³/mol. The quantitative estimate of drug-likeness (QED) is 0.750. The number of aromatic nitrogens is 1. The van der Waals surface area contributed by atoms with E-state index in [2.05, 4.69) is 4.98 Å². The summed E-state index contributed by atoms with van der Waals surface area (Å²) in [4.78, 5) is 4.43. The monoisotopic (exact) mass is 345 g/mol. The number of hydrogen-bond donors (Lipinski definition) is 2. The number of fused-ring (bicyclic) bond motifs is 3. The van der Waals surface area contributed by atoms with Gasteiger partial charge in [-0.15, -0.1) is 0 Å². The van der Waals surface area contributed by atoms with Gasteiger partial charge in [0.25, 0.3) is 0 Å². The van der Waals surface area contributed by atoms with E-state index < -0.39 is 5.60 Å². The first-order valence-electron chi connectivity index (χ1n) is 8.01. The van der Waals surface area contributed by atoms with E-state index in [-0.39, 0.29) is 18.3 Å². The van der Waals surface area contributed by atoms with Crippen molar-refractivity contribution in [2.75, 3.05) is 13.9 Å². The number of aryl methyl sites for hydroxylation is 1. The number of nitrogens with zero attached hydrogens (tertiary/aromatic N) is 1. The average Bonchev–Trinajstić information content (AvgIpc) is 3.21. The van der Waals surface area contributed by atoms with Gasteiger partial charge in [-0.1, -0.05) is 0 Å². The molecule has 0 bridgehead atoms. The van der Waals surface area contributed by atoms with Gasteiger partial charge < -0.3 is 28.8 Å². The Hall–Kier alpha value is -2.67. The number of benzene rings is 1. The summed E-state index contributed by atoms with van der Waals surface area (Å²) in [5, 5.41) is 22.1. The minimum absolute atomic E-state index is 0.0210. The van der Waals surface area contributed by atoms with E-state index in [4.69, 9.17) is 18.6 Å². The van der Waals surface area contributed by atoms with Crippen LogP contribution in [0.5, 0.6) is 23.0 Å². The van der Waals surface area contributed by atoms with Crippen molar-refractivity contribution < 1.29 is 28.8 Å². The molecule has 0 atom stereocenters. The standard InChI is InChI=1S/C18H19NO6/c1-18(2,21)6-4-9-11-12(13(20)16-15(9)24-8-25-16)19-17-10(5-7-23-17)14(11)22-3/h5,7,20-21H,4,6,8H2,1-3H3. The molecule has 3 heterocycles. The summed E-state index contributed by atoms with van der Waals surface area (Å²) in [5.74, 6) is 1.18. The molecule has 0 radical (unpaired) electrons. The zero-order valence-corrected chi connectivity index (χ0v) is 14.3. The molecule has 2 aromatic heterocycles. The van der Waals surface area contributed by atoms with Crippen LogP contribution in [-0.4, -0.2) is 34.7 Å². The van der Waals surface area contributed by atoms with Gasteiger partial charge in [0.2, 0.25) is 18.3 Å². The number of phenols is 1. The van der Waals surface area contributed by atoms with Crippen molar-refractivity contribution >= 4 is 22.0 Å². The highest BCUT2D eigenvalue weighted by atomic mass is 16.7. The average molecular weight is 345 g/mol. The molecule has 0 unspecified atom stereocenters. The lowest BCUT2D eigenvalue weighted by molar-refractivity contribution is 0.0713. The summed E-state index contributed by atoms with van der Waals surface area (Å²) in [6.07, 6.45) is 2.52. The van der Waals surface area contributed by atoms with E-state index in [1.165, 1.54) is 6.26 Å². The topological polar surface area (TPSA) is 94.2 Å². The van der Waals surface area contributed by atoms with Crippen LogP contribution in [0.25, 0.3) is 22.0 Å². The van der Waals surface area contributed by atoms with E-state index in [1.54, 1.807) is 27.0 Å². The largest absolute Gasteiger partial charge is 0.503 e. The van der Waals surface area contributed by atoms with Crippen molar-refractivity contribution in [2.45, 2.75) is 32.3 Å². The molecule has 7 heteroatoms. The first-order valence-corrected chi connectivity index (χ1v) is 8.01. The van der Waals surface area contributed by atoms with Crippen molar-refractivity contribution in [3.63, 3.8) is 0 Å². The highest BCUT2D eigenvalue weighted by Gasteiger charge is 2.31. The molecule has 1 aromatic carbocycles. The van der Waals surface area contributed by atoms with Crippen LogP contribution in [-0.2, 0) is 6.42 Å². The Morgan fingerprint density at radius 3 is 2.76 bits per heavy atom. The van der Waals surface area contributed by atoms with Crippen molar-refractivity contribution in [3.05, 3.63) is 17.9 Å². The number of rotatable bonds is 4. The lowest BCUT2D eigenvalue weighted by atomic mass is 9.94. The van der Waals surface area contributed by atoms with Gasteiger partial charge in [-0.25, -0.2) is 4.98 Å². The first kappa shape index (κ1) is 15.8. The van der Waals surface area contributed by atoms with Crippen molar-refractivity contribution in [3.8, 4) is 23.0 Å². The number of aromatic hydroxyl groups is 1. The smallest absolute Gasteiger partial charge is 0.231 e. The summed E-state index contributed by atoms with van der Waals surface area (Å²) in [6, 6.07) is 1.77. The fraction of sp³-hybridized carbons (Fsp3) is 0.389. The zero-order valence-electron chi connectivity index (χ0n) is 14.3. The van der Waals surface area contributed by atoms with E-state index >= 15 is 0 Å². The zero-order chi connectivity index (χ0) is 17.8. The summed E-state index contributed by atoms with van der Waals surface area (Å²) < 4.78 is 22.0. The Kier molecular flexibility index (Phi) is 3.43. The normalized spacial score (nSPS) is 13.8. The molecule has 7 nitrogen and oxygen atoms in total. The molecular weight excluding hydrogens is 326 g/mol. The molecule has 1 aliphatic rings. The van der Waals surface area contributed by atoms with Gasteiger partial charge in [0.15, 0.2) is 11.5 Å². The minimum Gasteiger partial charge on any atom is -0.503 e. The maximum atomic E-state index is 10.6. The molecular formula is C18H19NO6. The van der Waals surface area contributed by atoms with E-state index in [0.29, 0.717) is 46.3 Å². The molecule has 0 spiro atoms. The van der Waals surface area contributed by atoms with Gasteiger partial charge in [0, 0.05) is 5.56 Å². The molecule has 0 amide bonds. The van der Waals surface area contributed by atoms with E-state index in [0.717, 1.165) is 5.56 Å². The van der Waals surface area contributed by atoms with E-state index in [1.807, 2.05) is 0 Å². The summed E-state index contributed by atoms with van der Waals surface area (Å²) >= 11 is 0. The molecule has 0 saturated heterocycles. The second kappa shape index (κ2) is 5.42. The van der Waals surface area contributed by atoms with Gasteiger partial charge in [0.1, 0.15) is 11.3 Å². The molecule has 3 aromatic rings. The van der Waals surface area contributed by atoms with Gasteiger partial charge >= 0.3 is 0 Å². The van der Waals surface area contributed by atoms with Gasteiger partial charge in [-0.05, 0) is 32.8 Å². The van der Waals surface area contributed by atoms with Gasteiger partial charge in [0.05, 0.1) is 29.7 Å². The molecule has 132 valence electrons. The number of aliphatic hydroxyl groups is 1. The number of methoxy groups -OCH3 is 1. The summed E-state index contributed by atoms with van der Waals surface area (Å²) in [6.45, 7) is 3.51. The third-order valence-electron chi connectivity index (χ3n) is 4.39. The molecule has 0 fully saturated rings. The van der Waals surface area contributed by atoms with Crippen LogP contribution in [0.4, 0.5) is 0 Å². The first-order chi connectivity index (χ1) is 11.9. The van der Waals surface area contributed by atoms with Gasteiger partial charge in [-0.2, -0.15) is 0 Å². The summed E-state index contributed by atoms with van der Waals surface area (Å²) in [5.41, 5.74) is 0.632. The van der Waals surface area contributed by atoms with Crippen LogP contribution in [0.2, 0.25) is 0 Å². The predicted octanol–water partition coefficient (Wildman–Crippen LogP) is 3.13. The Labute approximate surface area is 143 Å². The third kappa shape index (κ3) is 2.42. The molecule has 0 aliphatic carbocycles. The Balaban J connectivity index is 2.08. The number of hydrogen-bond acceptors (Lipinski definition) is 7. The van der Waals surface area contributed by atoms with E-state index in [9.17, 15) is 10.2 Å². The third-order valence-corrected chi connectivity index (χ3v) is 4.39. The van der Waals surface area contributed by atoms with Gasteiger partial charge in [-0.3, -0.25) is 0 Å². The fourth-order valence-electron chi connectivity index (χ4n) is 3.19. The number of ether oxygens (including phenoxy) is 3. The van der Waals surface area contributed by atoms with Crippen LogP contribution >= 0.6 is 0 Å². The van der Waals surface area contributed by atoms with Crippen molar-refractivity contribution in [2.24, 2.45) is 0 Å². The summed E-state index contributed by atoms with van der Waals surface area (Å²) in [7, 11) is 1.56. The molecule has 2 N–H and O–H groups in total. The number of pyridine rings is 1. The Bertz CT molecular complexity index is 969. The SMILES string of the molecule is COc1c2ccoc2nc2c(O)c3c(c(CCC(C)(C)O)c12)OCO3. The maximum absolute atomic E-state index is 10.6. The Morgan fingerprint density at radius 1 is 1.28 bits per heavy atom. The number of furan rings is 1. The van der Waals surface area contributed by atoms with Crippen LogP contribution in [0.3, 0.4) is 0 Å². The minimum atomic E-state index is -0.850. The van der Waals surface area contributed by atoms with Crippen LogP contribution in [0.1, 0.15) is 25.8 Å². The Morgan fingerprint density at radius 2 is 2.04 bits per heavy atom. The molecule has 25 heavy (non-hydrogen) atoms. The van der Waals surface area contributed by atoms with Crippen LogP contribution in [0.15, 0.2) is 16.7 Å². The van der Waals surface area contributed by atoms with Crippen molar-refractivity contribution in [1.29, 1.82) is 0 Å². The fourth-order valence-corrected chi connectivity index (χ4v) is 3.19. The molecule has 1 aliphatic heterocycles. The molecule has 0 saturated carbocycles. The van der Waals surface area contributed by atoms with Crippen LogP contribution in [0, 0.1) is 0 Å². The lowest BCUT2D eigenvalue weighted by Gasteiger charge is -2.19. The second-order valence-corrected chi connectivity index (χ2v) is 6.71. The maximum Gasteiger partial charge on any atom is 0.231 e. The highest BCUT2D eigenvalue weighted by molar-refractivity contribution is 6.05.